The van der Waals surface area contributed by atoms with Gasteiger partial charge in [0.15, 0.2) is 0 Å². The third kappa shape index (κ3) is 2.93. The zero-order valence-electron chi connectivity index (χ0n) is 13.7. The van der Waals surface area contributed by atoms with Crippen molar-refractivity contribution in [3.8, 4) is 11.1 Å². The van der Waals surface area contributed by atoms with Crippen molar-refractivity contribution >= 4 is 15.5 Å². The fourth-order valence-electron chi connectivity index (χ4n) is 2.72. The number of sulfone groups is 1. The van der Waals surface area contributed by atoms with E-state index in [-0.39, 0.29) is 4.90 Å². The minimum absolute atomic E-state index is 0.287. The van der Waals surface area contributed by atoms with Crippen LogP contribution in [0.1, 0.15) is 5.56 Å². The Morgan fingerprint density at radius 2 is 1.46 bits per heavy atom. The van der Waals surface area contributed by atoms with Gasteiger partial charge in [-0.15, -0.1) is 0 Å². The molecule has 4 heteroatoms. The molecule has 3 rings (SSSR count). The lowest BCUT2D eigenvalue weighted by Crippen LogP contribution is -2.07. The summed E-state index contributed by atoms with van der Waals surface area (Å²) in [6.45, 7) is 1.94. The van der Waals surface area contributed by atoms with Crippen molar-refractivity contribution in [2.75, 3.05) is 12.4 Å². The second-order valence-corrected chi connectivity index (χ2v) is 7.53. The van der Waals surface area contributed by atoms with Crippen LogP contribution in [0, 0.1) is 6.92 Å². The summed E-state index contributed by atoms with van der Waals surface area (Å²) in [6, 6.07) is 22.0. The number of aryl methyl sites for hydroxylation is 1. The highest BCUT2D eigenvalue weighted by atomic mass is 32.2. The van der Waals surface area contributed by atoms with Crippen molar-refractivity contribution in [3.05, 3.63) is 78.4 Å². The lowest BCUT2D eigenvalue weighted by Gasteiger charge is -2.15. The third-order valence-electron chi connectivity index (χ3n) is 3.98. The molecule has 0 heterocycles. The van der Waals surface area contributed by atoms with Gasteiger partial charge in [0.2, 0.25) is 9.84 Å². The molecule has 0 amide bonds. The second kappa shape index (κ2) is 6.49. The van der Waals surface area contributed by atoms with Crippen LogP contribution in [-0.4, -0.2) is 15.5 Å². The summed E-state index contributed by atoms with van der Waals surface area (Å²) in [5.74, 6) is 0. The molecule has 0 saturated carbocycles. The Morgan fingerprint density at radius 3 is 2.08 bits per heavy atom. The van der Waals surface area contributed by atoms with Crippen molar-refractivity contribution in [3.63, 3.8) is 0 Å². The Balaban J connectivity index is 2.20. The van der Waals surface area contributed by atoms with Crippen molar-refractivity contribution in [1.29, 1.82) is 0 Å². The molecular formula is C20H19NO2S. The highest BCUT2D eigenvalue weighted by Crippen LogP contribution is 2.35. The predicted molar refractivity (Wildman–Crippen MR) is 98.1 cm³/mol. The van der Waals surface area contributed by atoms with Gasteiger partial charge in [-0.1, -0.05) is 60.2 Å². The quantitative estimate of drug-likeness (QED) is 0.760. The number of rotatable bonds is 4. The van der Waals surface area contributed by atoms with Gasteiger partial charge in [0, 0.05) is 12.6 Å². The maximum atomic E-state index is 13.1. The molecule has 3 nitrogen and oxygen atoms in total. The normalized spacial score (nSPS) is 11.2. The van der Waals surface area contributed by atoms with Crippen LogP contribution in [0.2, 0.25) is 0 Å². The van der Waals surface area contributed by atoms with Crippen LogP contribution < -0.4 is 5.32 Å². The first-order chi connectivity index (χ1) is 11.5. The Labute approximate surface area is 142 Å². The largest absolute Gasteiger partial charge is 0.387 e. The average Bonchev–Trinajstić information content (AvgIpc) is 2.62. The van der Waals surface area contributed by atoms with Crippen molar-refractivity contribution in [2.24, 2.45) is 0 Å². The van der Waals surface area contributed by atoms with Crippen LogP contribution in [-0.2, 0) is 9.84 Å². The summed E-state index contributed by atoms with van der Waals surface area (Å²) in [5.41, 5.74) is 3.49. The summed E-state index contributed by atoms with van der Waals surface area (Å²) in [5, 5.41) is 3.07. The highest BCUT2D eigenvalue weighted by Gasteiger charge is 2.23. The average molecular weight is 337 g/mol. The van der Waals surface area contributed by atoms with E-state index in [0.717, 1.165) is 16.7 Å². The van der Waals surface area contributed by atoms with Crippen molar-refractivity contribution < 1.29 is 8.42 Å². The third-order valence-corrected chi connectivity index (χ3v) is 5.79. The van der Waals surface area contributed by atoms with Gasteiger partial charge in [0.25, 0.3) is 0 Å². The molecule has 3 aromatic rings. The molecule has 0 aliphatic rings. The lowest BCUT2D eigenvalue weighted by atomic mass is 10.0. The fraction of sp³-hybridized carbons (Fsp3) is 0.100. The Hall–Kier alpha value is -2.59. The number of benzene rings is 3. The summed E-state index contributed by atoms with van der Waals surface area (Å²) in [4.78, 5) is 0.588. The second-order valence-electron chi connectivity index (χ2n) is 5.61. The Bertz CT molecular complexity index is 947. The molecule has 0 atom stereocenters. The van der Waals surface area contributed by atoms with Gasteiger partial charge in [-0.3, -0.25) is 0 Å². The first-order valence-corrected chi connectivity index (χ1v) is 9.20. The first kappa shape index (κ1) is 16.3. The zero-order chi connectivity index (χ0) is 17.2. The maximum absolute atomic E-state index is 13.1. The van der Waals surface area contributed by atoms with Crippen LogP contribution in [0.3, 0.4) is 0 Å². The van der Waals surface area contributed by atoms with E-state index in [9.17, 15) is 8.42 Å². The van der Waals surface area contributed by atoms with Crippen LogP contribution >= 0.6 is 0 Å². The predicted octanol–water partition coefficient (Wildman–Crippen LogP) is 4.54. The molecular weight excluding hydrogens is 318 g/mol. The number of para-hydroxylation sites is 1. The van der Waals surface area contributed by atoms with Crippen molar-refractivity contribution in [1.82, 2.24) is 0 Å². The molecule has 0 unspecified atom stereocenters. The molecule has 0 bridgehead atoms. The highest BCUT2D eigenvalue weighted by molar-refractivity contribution is 7.91. The van der Waals surface area contributed by atoms with Crippen LogP contribution in [0.4, 0.5) is 5.69 Å². The van der Waals surface area contributed by atoms with Gasteiger partial charge < -0.3 is 5.32 Å². The standard InChI is InChI=1S/C20H19NO2S/c1-15-11-13-17(14-12-15)24(22,23)19-10-6-9-18(20(19)21-2)16-7-4-3-5-8-16/h3-14,21H,1-2H3. The zero-order valence-corrected chi connectivity index (χ0v) is 14.5. The van der Waals surface area contributed by atoms with Gasteiger partial charge in [0.05, 0.1) is 15.5 Å². The lowest BCUT2D eigenvalue weighted by molar-refractivity contribution is 0.596. The van der Waals surface area contributed by atoms with Gasteiger partial charge in [-0.2, -0.15) is 0 Å². The SMILES string of the molecule is CNc1c(-c2ccccc2)cccc1S(=O)(=O)c1ccc(C)cc1. The van der Waals surface area contributed by atoms with E-state index in [2.05, 4.69) is 5.32 Å². The number of hydrogen-bond donors (Lipinski definition) is 1. The monoisotopic (exact) mass is 337 g/mol. The van der Waals surface area contributed by atoms with E-state index in [4.69, 9.17) is 0 Å². The van der Waals surface area contributed by atoms with Gasteiger partial charge in [0.1, 0.15) is 0 Å². The number of nitrogens with one attached hydrogen (secondary N) is 1. The van der Waals surface area contributed by atoms with E-state index in [1.54, 1.807) is 31.3 Å². The van der Waals surface area contributed by atoms with E-state index < -0.39 is 9.84 Å². The molecule has 24 heavy (non-hydrogen) atoms. The van der Waals surface area contributed by atoms with Gasteiger partial charge in [-0.25, -0.2) is 8.42 Å². The van der Waals surface area contributed by atoms with E-state index in [1.807, 2.05) is 55.5 Å². The topological polar surface area (TPSA) is 46.2 Å². The molecule has 3 aromatic carbocycles. The molecule has 1 N–H and O–H groups in total. The molecule has 0 aliphatic heterocycles. The molecule has 122 valence electrons. The van der Waals surface area contributed by atoms with Crippen molar-refractivity contribution in [2.45, 2.75) is 16.7 Å². The maximum Gasteiger partial charge on any atom is 0.208 e. The molecule has 0 radical (unpaired) electrons. The molecule has 0 fully saturated rings. The summed E-state index contributed by atoms with van der Waals surface area (Å²) in [7, 11) is -1.85. The fourth-order valence-corrected chi connectivity index (χ4v) is 4.20. The number of anilines is 1. The molecule has 0 saturated heterocycles. The molecule has 0 aliphatic carbocycles. The summed E-state index contributed by atoms with van der Waals surface area (Å²) < 4.78 is 26.1. The molecule has 0 aromatic heterocycles. The smallest absolute Gasteiger partial charge is 0.208 e. The Kier molecular flexibility index (Phi) is 4.40. The van der Waals surface area contributed by atoms with E-state index in [0.29, 0.717) is 10.6 Å². The van der Waals surface area contributed by atoms with E-state index in [1.165, 1.54) is 0 Å². The van der Waals surface area contributed by atoms with Crippen LogP contribution in [0.15, 0.2) is 82.6 Å². The minimum atomic E-state index is -3.59. The first-order valence-electron chi connectivity index (χ1n) is 7.72. The Morgan fingerprint density at radius 1 is 0.792 bits per heavy atom. The minimum Gasteiger partial charge on any atom is -0.387 e. The molecule has 0 spiro atoms. The summed E-state index contributed by atoms with van der Waals surface area (Å²) in [6.07, 6.45) is 0. The van der Waals surface area contributed by atoms with Gasteiger partial charge >= 0.3 is 0 Å². The van der Waals surface area contributed by atoms with E-state index >= 15 is 0 Å². The van der Waals surface area contributed by atoms with Crippen LogP contribution in [0.5, 0.6) is 0 Å². The number of hydrogen-bond acceptors (Lipinski definition) is 3. The summed E-state index contributed by atoms with van der Waals surface area (Å²) >= 11 is 0. The van der Waals surface area contributed by atoms with Crippen LogP contribution in [0.25, 0.3) is 11.1 Å². The van der Waals surface area contributed by atoms with Gasteiger partial charge in [-0.05, 0) is 30.7 Å².